The predicted octanol–water partition coefficient (Wildman–Crippen LogP) is 2.20. The Balaban J connectivity index is 2.45. The Morgan fingerprint density at radius 2 is 1.95 bits per heavy atom. The van der Waals surface area contributed by atoms with Crippen molar-refractivity contribution in [3.8, 4) is 6.07 Å². The monoisotopic (exact) mass is 320 g/mol. The van der Waals surface area contributed by atoms with E-state index < -0.39 is 27.4 Å². The first kappa shape index (κ1) is 15.5. The highest BCUT2D eigenvalue weighted by Gasteiger charge is 2.19. The number of nitrogens with zero attached hydrogens (tertiary/aromatic N) is 1. The van der Waals surface area contributed by atoms with Gasteiger partial charge in [0.25, 0.3) is 10.0 Å². The van der Waals surface area contributed by atoms with Gasteiger partial charge in [0.15, 0.2) is 0 Å². The van der Waals surface area contributed by atoms with Crippen LogP contribution in [0.5, 0.6) is 0 Å². The summed E-state index contributed by atoms with van der Waals surface area (Å²) in [7, 11) is -4.10. The molecule has 112 valence electrons. The molecule has 6 nitrogen and oxygen atoms in total. The number of anilines is 1. The summed E-state index contributed by atoms with van der Waals surface area (Å²) in [6, 6.07) is 9.69. The predicted molar refractivity (Wildman–Crippen MR) is 75.3 cm³/mol. The molecule has 0 radical (unpaired) electrons. The third-order valence-electron chi connectivity index (χ3n) is 2.73. The molecule has 0 unspecified atom stereocenters. The van der Waals surface area contributed by atoms with Crippen molar-refractivity contribution in [2.45, 2.75) is 4.90 Å². The number of aromatic carboxylic acids is 1. The average molecular weight is 320 g/mol. The van der Waals surface area contributed by atoms with E-state index in [1.165, 1.54) is 18.2 Å². The lowest BCUT2D eigenvalue weighted by molar-refractivity contribution is 0.0697. The van der Waals surface area contributed by atoms with Gasteiger partial charge >= 0.3 is 5.97 Å². The second-order valence-electron chi connectivity index (χ2n) is 4.24. The molecule has 0 aromatic heterocycles. The number of carbonyl (C=O) groups is 1. The zero-order valence-corrected chi connectivity index (χ0v) is 11.8. The number of halogens is 1. The van der Waals surface area contributed by atoms with Gasteiger partial charge in [0.1, 0.15) is 5.82 Å². The van der Waals surface area contributed by atoms with Crippen molar-refractivity contribution >= 4 is 21.7 Å². The number of nitrogens with one attached hydrogen (secondary N) is 1. The first-order valence-electron chi connectivity index (χ1n) is 5.89. The van der Waals surface area contributed by atoms with Gasteiger partial charge in [0.2, 0.25) is 0 Å². The van der Waals surface area contributed by atoms with E-state index in [0.717, 1.165) is 18.2 Å². The van der Waals surface area contributed by atoms with Gasteiger partial charge in [-0.15, -0.1) is 0 Å². The molecule has 0 aliphatic heterocycles. The van der Waals surface area contributed by atoms with Crippen molar-refractivity contribution in [1.82, 2.24) is 0 Å². The van der Waals surface area contributed by atoms with E-state index in [1.807, 2.05) is 0 Å². The van der Waals surface area contributed by atoms with Gasteiger partial charge in [-0.1, -0.05) is 6.07 Å². The number of carboxylic acid groups (broad SMARTS) is 1. The number of benzene rings is 2. The van der Waals surface area contributed by atoms with Crippen molar-refractivity contribution in [2.24, 2.45) is 0 Å². The molecule has 2 rings (SSSR count). The van der Waals surface area contributed by atoms with Crippen LogP contribution in [0.25, 0.3) is 0 Å². The zero-order chi connectivity index (χ0) is 16.3. The molecule has 0 amide bonds. The number of hydrogen-bond acceptors (Lipinski definition) is 4. The third-order valence-corrected chi connectivity index (χ3v) is 4.09. The maximum atomic E-state index is 13.1. The molecule has 0 saturated carbocycles. The van der Waals surface area contributed by atoms with E-state index in [9.17, 15) is 17.6 Å². The molecule has 2 N–H and O–H groups in total. The number of hydrogen-bond donors (Lipinski definition) is 2. The van der Waals surface area contributed by atoms with Crippen LogP contribution >= 0.6 is 0 Å². The van der Waals surface area contributed by atoms with Crippen LogP contribution < -0.4 is 4.72 Å². The summed E-state index contributed by atoms with van der Waals surface area (Å²) in [5, 5.41) is 17.8. The summed E-state index contributed by atoms with van der Waals surface area (Å²) in [5.74, 6) is -2.27. The quantitative estimate of drug-likeness (QED) is 0.898. The van der Waals surface area contributed by atoms with Crippen molar-refractivity contribution in [2.75, 3.05) is 4.72 Å². The lowest BCUT2D eigenvalue weighted by atomic mass is 10.2. The lowest BCUT2D eigenvalue weighted by Gasteiger charge is -2.10. The molecule has 0 atom stereocenters. The molecule has 0 heterocycles. The van der Waals surface area contributed by atoms with E-state index in [2.05, 4.69) is 4.72 Å². The Kier molecular flexibility index (Phi) is 4.10. The summed E-state index contributed by atoms with van der Waals surface area (Å²) >= 11 is 0. The van der Waals surface area contributed by atoms with Gasteiger partial charge in [-0.2, -0.15) is 5.26 Å². The summed E-state index contributed by atoms with van der Waals surface area (Å²) < 4.78 is 39.6. The van der Waals surface area contributed by atoms with E-state index in [0.29, 0.717) is 6.07 Å². The van der Waals surface area contributed by atoms with Crippen molar-refractivity contribution in [3.63, 3.8) is 0 Å². The van der Waals surface area contributed by atoms with E-state index in [1.54, 1.807) is 6.07 Å². The smallest absolute Gasteiger partial charge is 0.337 e. The van der Waals surface area contributed by atoms with E-state index >= 15 is 0 Å². The molecule has 2 aromatic rings. The first-order valence-corrected chi connectivity index (χ1v) is 7.37. The molecule has 0 aliphatic rings. The molecule has 22 heavy (non-hydrogen) atoms. The fourth-order valence-electron chi connectivity index (χ4n) is 1.72. The summed E-state index contributed by atoms with van der Waals surface area (Å²) in [4.78, 5) is 10.9. The minimum absolute atomic E-state index is 0.139. The van der Waals surface area contributed by atoms with Crippen LogP contribution in [0.4, 0.5) is 10.1 Å². The van der Waals surface area contributed by atoms with Crippen molar-refractivity contribution < 1.29 is 22.7 Å². The molecule has 0 bridgehead atoms. The van der Waals surface area contributed by atoms with Crippen molar-refractivity contribution in [1.29, 1.82) is 5.26 Å². The molecular weight excluding hydrogens is 311 g/mol. The van der Waals surface area contributed by atoms with E-state index in [-0.39, 0.29) is 16.1 Å². The maximum absolute atomic E-state index is 13.1. The van der Waals surface area contributed by atoms with Crippen molar-refractivity contribution in [3.05, 3.63) is 59.4 Å². The van der Waals surface area contributed by atoms with Crippen LogP contribution in [-0.2, 0) is 10.0 Å². The fourth-order valence-corrected chi connectivity index (χ4v) is 2.84. The Labute approximate surface area is 125 Å². The van der Waals surface area contributed by atoms with Gasteiger partial charge < -0.3 is 5.11 Å². The second kappa shape index (κ2) is 5.83. The molecule has 0 spiro atoms. The van der Waals surface area contributed by atoms with Gasteiger partial charge in [0, 0.05) is 0 Å². The third kappa shape index (κ3) is 3.21. The summed E-state index contributed by atoms with van der Waals surface area (Å²) in [6.07, 6.45) is 0. The Morgan fingerprint density at radius 3 is 2.59 bits per heavy atom. The van der Waals surface area contributed by atoms with Crippen LogP contribution in [0.2, 0.25) is 0 Å². The molecule has 0 saturated heterocycles. The van der Waals surface area contributed by atoms with Gasteiger partial charge in [-0.05, 0) is 36.4 Å². The van der Waals surface area contributed by atoms with Crippen LogP contribution in [0.1, 0.15) is 15.9 Å². The summed E-state index contributed by atoms with van der Waals surface area (Å²) in [6.45, 7) is 0. The highest BCUT2D eigenvalue weighted by molar-refractivity contribution is 7.92. The maximum Gasteiger partial charge on any atom is 0.337 e. The molecule has 0 fully saturated rings. The SMILES string of the molecule is N#Cc1cccc(S(=O)(=O)Nc2ccc(F)cc2C(=O)O)c1. The highest BCUT2D eigenvalue weighted by atomic mass is 32.2. The Bertz CT molecular complexity index is 888. The summed E-state index contributed by atoms with van der Waals surface area (Å²) in [5.41, 5.74) is -0.642. The molecule has 8 heteroatoms. The van der Waals surface area contributed by atoms with Crippen LogP contribution in [0, 0.1) is 17.1 Å². The number of nitriles is 1. The second-order valence-corrected chi connectivity index (χ2v) is 5.92. The number of carboxylic acids is 1. The molecule has 2 aromatic carbocycles. The Morgan fingerprint density at radius 1 is 1.23 bits per heavy atom. The molecule has 0 aliphatic carbocycles. The van der Waals surface area contributed by atoms with Crippen LogP contribution in [0.15, 0.2) is 47.4 Å². The van der Waals surface area contributed by atoms with Gasteiger partial charge in [-0.25, -0.2) is 17.6 Å². The first-order chi connectivity index (χ1) is 10.3. The normalized spacial score (nSPS) is 10.7. The minimum Gasteiger partial charge on any atom is -0.478 e. The average Bonchev–Trinajstić information content (AvgIpc) is 2.48. The lowest BCUT2D eigenvalue weighted by Crippen LogP contribution is -2.16. The van der Waals surface area contributed by atoms with Crippen LogP contribution in [-0.4, -0.2) is 19.5 Å². The fraction of sp³-hybridized carbons (Fsp3) is 0. The standard InChI is InChI=1S/C14H9FN2O4S/c15-10-4-5-13(12(7-10)14(18)19)17-22(20,21)11-3-1-2-9(6-11)8-16/h1-7,17H,(H,18,19). The van der Waals surface area contributed by atoms with E-state index in [4.69, 9.17) is 10.4 Å². The highest BCUT2D eigenvalue weighted by Crippen LogP contribution is 2.21. The Hall–Kier alpha value is -2.92. The minimum atomic E-state index is -4.10. The van der Waals surface area contributed by atoms with Gasteiger partial charge in [-0.3, -0.25) is 4.72 Å². The molecular formula is C14H9FN2O4S. The number of rotatable bonds is 4. The topological polar surface area (TPSA) is 107 Å². The van der Waals surface area contributed by atoms with Gasteiger partial charge in [0.05, 0.1) is 27.8 Å². The largest absolute Gasteiger partial charge is 0.478 e. The van der Waals surface area contributed by atoms with Crippen LogP contribution in [0.3, 0.4) is 0 Å². The number of sulfonamides is 1. The zero-order valence-electron chi connectivity index (χ0n) is 10.9.